The summed E-state index contributed by atoms with van der Waals surface area (Å²) in [7, 11) is -3.21. The first-order valence-electron chi connectivity index (χ1n) is 10.0. The predicted molar refractivity (Wildman–Crippen MR) is 104 cm³/mol. The van der Waals surface area contributed by atoms with Crippen LogP contribution >= 0.6 is 0 Å². The summed E-state index contributed by atoms with van der Waals surface area (Å²) < 4.78 is 27.7. The minimum Gasteiger partial charge on any atom is -0.330 e. The number of fused-ring (bicyclic) bond motifs is 4. The van der Waals surface area contributed by atoms with Crippen LogP contribution in [-0.4, -0.2) is 55.6 Å². The molecule has 0 aliphatic carbocycles. The Bertz CT molecular complexity index is 764. The van der Waals surface area contributed by atoms with Gasteiger partial charge in [0.2, 0.25) is 10.0 Å². The number of hydrogen-bond donors (Lipinski definition) is 1. The molecule has 26 heavy (non-hydrogen) atoms. The highest BCUT2D eigenvalue weighted by molar-refractivity contribution is 7.89. The third kappa shape index (κ3) is 3.21. The van der Waals surface area contributed by atoms with E-state index in [9.17, 15) is 8.42 Å². The number of aryl methyl sites for hydroxylation is 1. The van der Waals surface area contributed by atoms with Crippen molar-refractivity contribution in [3.05, 3.63) is 34.9 Å². The highest BCUT2D eigenvalue weighted by atomic mass is 32.2. The summed E-state index contributed by atoms with van der Waals surface area (Å²) in [6, 6.07) is 7.12. The molecule has 2 N–H and O–H groups in total. The van der Waals surface area contributed by atoms with Crippen molar-refractivity contribution >= 4 is 10.0 Å². The molecule has 0 saturated carbocycles. The van der Waals surface area contributed by atoms with Crippen LogP contribution in [0.2, 0.25) is 0 Å². The Balaban J connectivity index is 1.63. The molecule has 0 aromatic heterocycles. The molecule has 0 radical (unpaired) electrons. The second-order valence-electron chi connectivity index (χ2n) is 8.18. The number of nitrogens with two attached hydrogens (primary N) is 1. The normalized spacial score (nSPS) is 29.7. The molecular formula is C20H31N3O2S. The molecule has 4 rings (SSSR count). The second-order valence-corrected chi connectivity index (χ2v) is 10.2. The van der Waals surface area contributed by atoms with Gasteiger partial charge in [0.15, 0.2) is 0 Å². The first kappa shape index (κ1) is 18.4. The first-order valence-corrected chi connectivity index (χ1v) is 11.6. The molecule has 0 bridgehead atoms. The topological polar surface area (TPSA) is 66.6 Å². The summed E-state index contributed by atoms with van der Waals surface area (Å²) in [5, 5.41) is 0. The number of benzene rings is 1. The smallest absolute Gasteiger partial charge is 0.214 e. The largest absolute Gasteiger partial charge is 0.330 e. The quantitative estimate of drug-likeness (QED) is 0.872. The van der Waals surface area contributed by atoms with E-state index >= 15 is 0 Å². The van der Waals surface area contributed by atoms with Crippen LogP contribution in [0, 0.1) is 12.8 Å². The lowest BCUT2D eigenvalue weighted by Crippen LogP contribution is -2.57. The zero-order valence-corrected chi connectivity index (χ0v) is 16.5. The Morgan fingerprint density at radius 1 is 1.27 bits per heavy atom. The van der Waals surface area contributed by atoms with Gasteiger partial charge in [0.05, 0.1) is 5.75 Å². The molecule has 2 saturated heterocycles. The summed E-state index contributed by atoms with van der Waals surface area (Å²) in [4.78, 5) is 2.62. The minimum atomic E-state index is -3.21. The van der Waals surface area contributed by atoms with Crippen LogP contribution in [0.4, 0.5) is 0 Å². The van der Waals surface area contributed by atoms with Crippen molar-refractivity contribution in [3.8, 4) is 0 Å². The highest BCUT2D eigenvalue weighted by Crippen LogP contribution is 2.44. The van der Waals surface area contributed by atoms with E-state index in [-0.39, 0.29) is 11.8 Å². The van der Waals surface area contributed by atoms with Gasteiger partial charge in [0.1, 0.15) is 0 Å². The van der Waals surface area contributed by atoms with Gasteiger partial charge in [-0.1, -0.05) is 18.2 Å². The molecule has 3 heterocycles. The van der Waals surface area contributed by atoms with Crippen LogP contribution in [0.3, 0.4) is 0 Å². The molecule has 1 aromatic rings. The van der Waals surface area contributed by atoms with Gasteiger partial charge in [-0.15, -0.1) is 0 Å². The molecule has 3 aliphatic heterocycles. The maximum atomic E-state index is 12.9. The van der Waals surface area contributed by atoms with Crippen LogP contribution in [0.25, 0.3) is 0 Å². The van der Waals surface area contributed by atoms with Gasteiger partial charge >= 0.3 is 0 Å². The minimum absolute atomic E-state index is 0.151. The number of piperidine rings is 2. The predicted octanol–water partition coefficient (Wildman–Crippen LogP) is 2.06. The van der Waals surface area contributed by atoms with Gasteiger partial charge in [-0.25, -0.2) is 8.42 Å². The maximum absolute atomic E-state index is 12.9. The van der Waals surface area contributed by atoms with Crippen LogP contribution < -0.4 is 5.73 Å². The average molecular weight is 378 g/mol. The molecule has 3 atom stereocenters. The van der Waals surface area contributed by atoms with Crippen LogP contribution in [-0.2, 0) is 16.4 Å². The number of rotatable bonds is 4. The van der Waals surface area contributed by atoms with E-state index in [1.165, 1.54) is 16.7 Å². The molecule has 3 aliphatic rings. The van der Waals surface area contributed by atoms with Crippen molar-refractivity contribution < 1.29 is 8.42 Å². The van der Waals surface area contributed by atoms with E-state index in [1.807, 2.05) is 4.31 Å². The Labute approximate surface area is 157 Å². The maximum Gasteiger partial charge on any atom is 0.214 e. The monoisotopic (exact) mass is 377 g/mol. The van der Waals surface area contributed by atoms with E-state index in [2.05, 4.69) is 30.0 Å². The van der Waals surface area contributed by atoms with Gasteiger partial charge in [0.25, 0.3) is 0 Å². The summed E-state index contributed by atoms with van der Waals surface area (Å²) >= 11 is 0. The Morgan fingerprint density at radius 2 is 2.12 bits per heavy atom. The fourth-order valence-electron chi connectivity index (χ4n) is 5.41. The van der Waals surface area contributed by atoms with Gasteiger partial charge in [-0.05, 0) is 68.2 Å². The summed E-state index contributed by atoms with van der Waals surface area (Å²) in [6.45, 7) is 5.45. The lowest BCUT2D eigenvalue weighted by molar-refractivity contribution is 0.0217. The SMILES string of the molecule is Cc1cccc2c1[C@@H]1C[C@@H]3[C@@H](CCCN3S(=O)(=O)CCCN)CN1CC2. The Morgan fingerprint density at radius 3 is 2.92 bits per heavy atom. The molecule has 0 unspecified atom stereocenters. The molecule has 5 nitrogen and oxygen atoms in total. The standard InChI is InChI=1S/C20H31N3O2S/c1-15-5-2-6-16-8-11-22-14-17-7-3-10-23(26(24,25)12-4-9-21)18(17)13-19(22)20(15)16/h2,5-6,17-19H,3-4,7-14,21H2,1H3/t17-,18+,19-/m0/s1. The van der Waals surface area contributed by atoms with Gasteiger partial charge in [-0.3, -0.25) is 4.90 Å². The highest BCUT2D eigenvalue weighted by Gasteiger charge is 2.45. The molecule has 0 amide bonds. The van der Waals surface area contributed by atoms with Crippen molar-refractivity contribution in [3.63, 3.8) is 0 Å². The zero-order chi connectivity index (χ0) is 18.3. The van der Waals surface area contributed by atoms with Gasteiger partial charge in [-0.2, -0.15) is 4.31 Å². The van der Waals surface area contributed by atoms with Crippen LogP contribution in [0.1, 0.15) is 48.4 Å². The molecule has 1 aromatic carbocycles. The van der Waals surface area contributed by atoms with Gasteiger partial charge < -0.3 is 5.73 Å². The zero-order valence-electron chi connectivity index (χ0n) is 15.7. The van der Waals surface area contributed by atoms with E-state index in [4.69, 9.17) is 5.73 Å². The molecule has 0 spiro atoms. The third-order valence-electron chi connectivity index (χ3n) is 6.62. The third-order valence-corrected chi connectivity index (χ3v) is 8.59. The molecule has 2 fully saturated rings. The van der Waals surface area contributed by atoms with E-state index < -0.39 is 10.0 Å². The molecular weight excluding hydrogens is 346 g/mol. The number of hydrogen-bond acceptors (Lipinski definition) is 4. The van der Waals surface area contributed by atoms with E-state index in [0.29, 0.717) is 31.5 Å². The second kappa shape index (κ2) is 7.23. The molecule has 144 valence electrons. The lowest BCUT2D eigenvalue weighted by atomic mass is 9.76. The van der Waals surface area contributed by atoms with Crippen molar-refractivity contribution in [2.24, 2.45) is 11.7 Å². The van der Waals surface area contributed by atoms with Crippen molar-refractivity contribution in [2.45, 2.75) is 51.1 Å². The Hall–Kier alpha value is -0.950. The van der Waals surface area contributed by atoms with Gasteiger partial charge in [0, 0.05) is 31.7 Å². The van der Waals surface area contributed by atoms with E-state index in [0.717, 1.165) is 38.8 Å². The molecule has 6 heteroatoms. The summed E-state index contributed by atoms with van der Waals surface area (Å²) in [6.07, 6.45) is 4.73. The fraction of sp³-hybridized carbons (Fsp3) is 0.700. The lowest BCUT2D eigenvalue weighted by Gasteiger charge is -2.52. The van der Waals surface area contributed by atoms with Crippen molar-refractivity contribution in [1.82, 2.24) is 9.21 Å². The fourth-order valence-corrected chi connectivity index (χ4v) is 7.25. The van der Waals surface area contributed by atoms with Crippen molar-refractivity contribution in [1.29, 1.82) is 0 Å². The number of sulfonamides is 1. The van der Waals surface area contributed by atoms with E-state index in [1.54, 1.807) is 0 Å². The van der Waals surface area contributed by atoms with Crippen LogP contribution in [0.15, 0.2) is 18.2 Å². The number of nitrogens with zero attached hydrogens (tertiary/aromatic N) is 2. The van der Waals surface area contributed by atoms with Crippen LogP contribution in [0.5, 0.6) is 0 Å². The van der Waals surface area contributed by atoms with Crippen molar-refractivity contribution in [2.75, 3.05) is 31.9 Å². The summed E-state index contributed by atoms with van der Waals surface area (Å²) in [5.74, 6) is 0.662. The summed E-state index contributed by atoms with van der Waals surface area (Å²) in [5.41, 5.74) is 9.83. The average Bonchev–Trinajstić information content (AvgIpc) is 2.64. The Kier molecular flexibility index (Phi) is 5.12. The first-order chi connectivity index (χ1) is 12.5.